The van der Waals surface area contributed by atoms with Crippen molar-refractivity contribution >= 4 is 5.69 Å². The van der Waals surface area contributed by atoms with E-state index in [1.54, 1.807) is 7.11 Å². The Bertz CT molecular complexity index is 681. The number of anilines is 1. The van der Waals surface area contributed by atoms with Crippen LogP contribution in [0.25, 0.3) is 0 Å². The zero-order chi connectivity index (χ0) is 17.6. The largest absolute Gasteiger partial charge is 0.496 e. The quantitative estimate of drug-likeness (QED) is 0.839. The summed E-state index contributed by atoms with van der Waals surface area (Å²) in [4.78, 5) is 2.42. The third kappa shape index (κ3) is 4.53. The van der Waals surface area contributed by atoms with Gasteiger partial charge in [0.25, 0.3) is 0 Å². The molecular formula is C21H28N2O2. The van der Waals surface area contributed by atoms with E-state index >= 15 is 0 Å². The summed E-state index contributed by atoms with van der Waals surface area (Å²) in [7, 11) is 1.71. The maximum absolute atomic E-state index is 9.69. The Labute approximate surface area is 150 Å². The maximum Gasteiger partial charge on any atom is 0.124 e. The highest BCUT2D eigenvalue weighted by molar-refractivity contribution is 5.53. The standard InChI is InChI=1S/C21H28N2O2/c1-16(19-8-4-6-10-21(19)25-2)22-20-9-5-3-7-17(20)15-23-13-11-18(24)12-14-23/h3-10,16,18,22,24H,11-15H2,1-2H3. The smallest absolute Gasteiger partial charge is 0.124 e. The second-order valence-corrected chi connectivity index (χ2v) is 6.77. The van der Waals surface area contributed by atoms with Crippen LogP contribution in [0.5, 0.6) is 5.75 Å². The number of benzene rings is 2. The molecule has 0 saturated carbocycles. The number of nitrogens with one attached hydrogen (secondary N) is 1. The van der Waals surface area contributed by atoms with Crippen LogP contribution in [0.1, 0.15) is 36.9 Å². The predicted octanol–water partition coefficient (Wildman–Crippen LogP) is 3.83. The SMILES string of the molecule is COc1ccccc1C(C)Nc1ccccc1CN1CCC(O)CC1. The van der Waals surface area contributed by atoms with Crippen molar-refractivity contribution < 1.29 is 9.84 Å². The van der Waals surface area contributed by atoms with Gasteiger partial charge in [0.15, 0.2) is 0 Å². The lowest BCUT2D eigenvalue weighted by Gasteiger charge is -2.30. The molecule has 3 rings (SSSR count). The average molecular weight is 340 g/mol. The fraction of sp³-hybridized carbons (Fsp3) is 0.429. The van der Waals surface area contributed by atoms with Gasteiger partial charge in [0.2, 0.25) is 0 Å². The molecule has 2 aromatic rings. The van der Waals surface area contributed by atoms with Gasteiger partial charge in [-0.25, -0.2) is 0 Å². The van der Waals surface area contributed by atoms with Crippen LogP contribution in [-0.4, -0.2) is 36.3 Å². The number of likely N-dealkylation sites (tertiary alicyclic amines) is 1. The highest BCUT2D eigenvalue weighted by Gasteiger charge is 2.18. The lowest BCUT2D eigenvalue weighted by Crippen LogP contribution is -2.35. The Morgan fingerprint density at radius 1 is 1.12 bits per heavy atom. The Kier molecular flexibility index (Phi) is 5.95. The van der Waals surface area contributed by atoms with E-state index in [1.807, 2.05) is 18.2 Å². The first-order valence-corrected chi connectivity index (χ1v) is 9.05. The molecular weight excluding hydrogens is 312 g/mol. The summed E-state index contributed by atoms with van der Waals surface area (Å²) in [6.45, 7) is 4.98. The zero-order valence-electron chi connectivity index (χ0n) is 15.1. The Morgan fingerprint density at radius 3 is 2.56 bits per heavy atom. The fourth-order valence-corrected chi connectivity index (χ4v) is 3.45. The minimum absolute atomic E-state index is 0.129. The number of aliphatic hydroxyl groups excluding tert-OH is 1. The van der Waals surface area contributed by atoms with Gasteiger partial charge >= 0.3 is 0 Å². The van der Waals surface area contributed by atoms with E-state index < -0.39 is 0 Å². The van der Waals surface area contributed by atoms with Crippen LogP contribution in [0, 0.1) is 0 Å². The molecule has 0 aromatic heterocycles. The Balaban J connectivity index is 1.72. The van der Waals surface area contributed by atoms with Gasteiger partial charge in [0.05, 0.1) is 19.3 Å². The van der Waals surface area contributed by atoms with Crippen LogP contribution in [0.2, 0.25) is 0 Å². The number of aliphatic hydroxyl groups is 1. The topological polar surface area (TPSA) is 44.7 Å². The van der Waals surface area contributed by atoms with Gasteiger partial charge in [-0.05, 0) is 37.5 Å². The van der Waals surface area contributed by atoms with E-state index in [0.717, 1.165) is 49.5 Å². The Hall–Kier alpha value is -2.04. The molecule has 0 amide bonds. The summed E-state index contributed by atoms with van der Waals surface area (Å²) in [6.07, 6.45) is 1.61. The summed E-state index contributed by atoms with van der Waals surface area (Å²) in [5, 5.41) is 13.3. The number of hydrogen-bond donors (Lipinski definition) is 2. The summed E-state index contributed by atoms with van der Waals surface area (Å²) >= 11 is 0. The second-order valence-electron chi connectivity index (χ2n) is 6.77. The van der Waals surface area contributed by atoms with Gasteiger partial charge in [0, 0.05) is 30.9 Å². The minimum atomic E-state index is -0.129. The molecule has 2 N–H and O–H groups in total. The van der Waals surface area contributed by atoms with Crippen LogP contribution in [-0.2, 0) is 6.54 Å². The maximum atomic E-state index is 9.69. The van der Waals surface area contributed by atoms with Crippen LogP contribution >= 0.6 is 0 Å². The highest BCUT2D eigenvalue weighted by Crippen LogP contribution is 2.29. The molecule has 1 aliphatic rings. The van der Waals surface area contributed by atoms with Crippen molar-refractivity contribution in [1.82, 2.24) is 4.90 Å². The molecule has 134 valence electrons. The number of ether oxygens (including phenoxy) is 1. The number of piperidine rings is 1. The number of methoxy groups -OCH3 is 1. The molecule has 0 spiro atoms. The van der Waals surface area contributed by atoms with Crippen molar-refractivity contribution in [3.8, 4) is 5.75 Å². The molecule has 1 aliphatic heterocycles. The van der Waals surface area contributed by atoms with Crippen molar-refractivity contribution in [2.75, 3.05) is 25.5 Å². The molecule has 0 radical (unpaired) electrons. The predicted molar refractivity (Wildman–Crippen MR) is 102 cm³/mol. The summed E-state index contributed by atoms with van der Waals surface area (Å²) in [5.74, 6) is 0.907. The molecule has 0 bridgehead atoms. The molecule has 1 fully saturated rings. The monoisotopic (exact) mass is 340 g/mol. The Morgan fingerprint density at radius 2 is 1.80 bits per heavy atom. The molecule has 4 nitrogen and oxygen atoms in total. The average Bonchev–Trinajstić information content (AvgIpc) is 2.65. The lowest BCUT2D eigenvalue weighted by atomic mass is 10.0. The third-order valence-electron chi connectivity index (χ3n) is 4.95. The summed E-state index contributed by atoms with van der Waals surface area (Å²) in [6, 6.07) is 16.8. The van der Waals surface area contributed by atoms with Gasteiger partial charge in [-0.3, -0.25) is 4.90 Å². The van der Waals surface area contributed by atoms with Crippen molar-refractivity contribution in [3.05, 3.63) is 59.7 Å². The normalized spacial score (nSPS) is 17.2. The third-order valence-corrected chi connectivity index (χ3v) is 4.95. The summed E-state index contributed by atoms with van der Waals surface area (Å²) < 4.78 is 5.49. The van der Waals surface area contributed by atoms with Gasteiger partial charge in [-0.15, -0.1) is 0 Å². The van der Waals surface area contributed by atoms with Gasteiger partial charge in [-0.1, -0.05) is 36.4 Å². The molecule has 2 aromatic carbocycles. The van der Waals surface area contributed by atoms with Crippen LogP contribution < -0.4 is 10.1 Å². The number of hydrogen-bond acceptors (Lipinski definition) is 4. The molecule has 4 heteroatoms. The van der Waals surface area contributed by atoms with Crippen LogP contribution in [0.3, 0.4) is 0 Å². The summed E-state index contributed by atoms with van der Waals surface area (Å²) in [5.41, 5.74) is 3.61. The van der Waals surface area contributed by atoms with Crippen LogP contribution in [0.15, 0.2) is 48.5 Å². The van der Waals surface area contributed by atoms with Crippen molar-refractivity contribution in [2.45, 2.75) is 38.5 Å². The fourth-order valence-electron chi connectivity index (χ4n) is 3.45. The van der Waals surface area contributed by atoms with Gasteiger partial charge < -0.3 is 15.2 Å². The van der Waals surface area contributed by atoms with Crippen molar-refractivity contribution in [3.63, 3.8) is 0 Å². The molecule has 1 saturated heterocycles. The van der Waals surface area contributed by atoms with Crippen molar-refractivity contribution in [2.24, 2.45) is 0 Å². The number of para-hydroxylation sites is 2. The first kappa shape index (κ1) is 17.8. The second kappa shape index (κ2) is 8.37. The van der Waals surface area contributed by atoms with E-state index in [2.05, 4.69) is 47.5 Å². The van der Waals surface area contributed by atoms with E-state index in [4.69, 9.17) is 4.74 Å². The van der Waals surface area contributed by atoms with E-state index in [1.165, 1.54) is 5.56 Å². The molecule has 1 heterocycles. The van der Waals surface area contributed by atoms with Gasteiger partial charge in [0.1, 0.15) is 5.75 Å². The zero-order valence-corrected chi connectivity index (χ0v) is 15.1. The molecule has 1 unspecified atom stereocenters. The number of rotatable bonds is 6. The highest BCUT2D eigenvalue weighted by atomic mass is 16.5. The van der Waals surface area contributed by atoms with Crippen molar-refractivity contribution in [1.29, 1.82) is 0 Å². The lowest BCUT2D eigenvalue weighted by molar-refractivity contribution is 0.0793. The minimum Gasteiger partial charge on any atom is -0.496 e. The number of nitrogens with zero attached hydrogens (tertiary/aromatic N) is 1. The van der Waals surface area contributed by atoms with E-state index in [-0.39, 0.29) is 12.1 Å². The van der Waals surface area contributed by atoms with Crippen LogP contribution in [0.4, 0.5) is 5.69 Å². The first-order chi connectivity index (χ1) is 12.2. The van der Waals surface area contributed by atoms with E-state index in [9.17, 15) is 5.11 Å². The van der Waals surface area contributed by atoms with Gasteiger partial charge in [-0.2, -0.15) is 0 Å². The first-order valence-electron chi connectivity index (χ1n) is 9.05. The van der Waals surface area contributed by atoms with E-state index in [0.29, 0.717) is 0 Å². The molecule has 25 heavy (non-hydrogen) atoms. The molecule has 0 aliphatic carbocycles. The molecule has 1 atom stereocenters.